The number of benzene rings is 2. The Labute approximate surface area is 161 Å². The number of carbonyl (C=O) groups excluding carboxylic acids is 1. The van der Waals surface area contributed by atoms with Gasteiger partial charge in [-0.25, -0.2) is 13.2 Å². The maximum Gasteiger partial charge on any atom is 0.328 e. The molecule has 0 saturated carbocycles. The average molecular weight is 406 g/mol. The minimum Gasteiger partial charge on any atom is -0.493 e. The van der Waals surface area contributed by atoms with Crippen LogP contribution < -0.4 is 19.9 Å². The van der Waals surface area contributed by atoms with Crippen LogP contribution in [0.25, 0.3) is 6.08 Å². The molecule has 0 aliphatic rings. The first-order chi connectivity index (χ1) is 13.2. The summed E-state index contributed by atoms with van der Waals surface area (Å²) in [6.07, 6.45) is 2.06. The number of carboxylic acid groups (broad SMARTS) is 1. The van der Waals surface area contributed by atoms with Crippen molar-refractivity contribution in [3.63, 3.8) is 0 Å². The summed E-state index contributed by atoms with van der Waals surface area (Å²) in [5, 5.41) is 8.79. The number of aliphatic carboxylic acids is 1. The van der Waals surface area contributed by atoms with Crippen LogP contribution in [0, 0.1) is 0 Å². The summed E-state index contributed by atoms with van der Waals surface area (Å²) in [6, 6.07) is 8.48. The third-order valence-electron chi connectivity index (χ3n) is 3.61. The third kappa shape index (κ3) is 4.60. The lowest BCUT2D eigenvalue weighted by atomic mass is 10.2. The van der Waals surface area contributed by atoms with Gasteiger partial charge in [-0.1, -0.05) is 12.1 Å². The molecule has 0 bridgehead atoms. The number of hydrogen-bond donors (Lipinski definition) is 3. The molecule has 0 aliphatic heterocycles. The lowest BCUT2D eigenvalue weighted by Gasteiger charge is -2.16. The van der Waals surface area contributed by atoms with Gasteiger partial charge in [0.1, 0.15) is 4.90 Å². The normalized spacial score (nSPS) is 11.2. The number of para-hydroxylation sites is 1. The van der Waals surface area contributed by atoms with E-state index in [1.807, 2.05) is 0 Å². The Kier molecular flexibility index (Phi) is 6.26. The molecule has 0 saturated heterocycles. The SMILES string of the molecule is COc1cc(C=CC(=O)O)cc(S(=O)(=O)Nc2ccccc2C(N)=O)c1OC. The number of methoxy groups -OCH3 is 2. The van der Waals surface area contributed by atoms with Crippen LogP contribution in [-0.4, -0.2) is 39.6 Å². The van der Waals surface area contributed by atoms with E-state index in [1.165, 1.54) is 50.6 Å². The number of nitrogens with one attached hydrogen (secondary N) is 1. The second kappa shape index (κ2) is 8.44. The van der Waals surface area contributed by atoms with E-state index >= 15 is 0 Å². The fourth-order valence-electron chi connectivity index (χ4n) is 2.40. The minimum atomic E-state index is -4.25. The first kappa shape index (κ1) is 20.8. The monoisotopic (exact) mass is 406 g/mol. The zero-order valence-electron chi connectivity index (χ0n) is 15.0. The maximum absolute atomic E-state index is 13.0. The van der Waals surface area contributed by atoms with Crippen molar-refractivity contribution in [2.75, 3.05) is 18.9 Å². The summed E-state index contributed by atoms with van der Waals surface area (Å²) >= 11 is 0. The predicted molar refractivity (Wildman–Crippen MR) is 102 cm³/mol. The molecule has 2 aromatic rings. The predicted octanol–water partition coefficient (Wildman–Crippen LogP) is 1.70. The highest BCUT2D eigenvalue weighted by Crippen LogP contribution is 2.37. The van der Waals surface area contributed by atoms with Gasteiger partial charge in [-0.2, -0.15) is 0 Å². The van der Waals surface area contributed by atoms with E-state index in [0.717, 1.165) is 6.08 Å². The molecule has 0 heterocycles. The molecule has 0 radical (unpaired) electrons. The van der Waals surface area contributed by atoms with E-state index in [2.05, 4.69) is 4.72 Å². The molecule has 28 heavy (non-hydrogen) atoms. The molecule has 2 aromatic carbocycles. The van der Waals surface area contributed by atoms with Crippen LogP contribution in [0.15, 0.2) is 47.4 Å². The van der Waals surface area contributed by atoms with Gasteiger partial charge in [0.2, 0.25) is 0 Å². The first-order valence-corrected chi connectivity index (χ1v) is 9.26. The van der Waals surface area contributed by atoms with Crippen molar-refractivity contribution in [1.29, 1.82) is 0 Å². The second-order valence-electron chi connectivity index (χ2n) is 5.44. The van der Waals surface area contributed by atoms with Gasteiger partial charge in [0.15, 0.2) is 11.5 Å². The number of hydrogen-bond acceptors (Lipinski definition) is 6. The molecule has 4 N–H and O–H groups in total. The highest BCUT2D eigenvalue weighted by Gasteiger charge is 2.25. The Bertz CT molecular complexity index is 1050. The number of anilines is 1. The lowest BCUT2D eigenvalue weighted by molar-refractivity contribution is -0.131. The number of carboxylic acids is 1. The Balaban J connectivity index is 2.62. The Hall–Kier alpha value is -3.53. The smallest absolute Gasteiger partial charge is 0.328 e. The van der Waals surface area contributed by atoms with Crippen molar-refractivity contribution >= 4 is 33.7 Å². The molecule has 0 atom stereocenters. The summed E-state index contributed by atoms with van der Waals surface area (Å²) in [5.41, 5.74) is 5.51. The maximum atomic E-state index is 13.0. The van der Waals surface area contributed by atoms with Crippen LogP contribution in [0.3, 0.4) is 0 Å². The summed E-state index contributed by atoms with van der Waals surface area (Å²) in [5.74, 6) is -2.01. The largest absolute Gasteiger partial charge is 0.493 e. The average Bonchev–Trinajstić information content (AvgIpc) is 2.65. The topological polar surface area (TPSA) is 145 Å². The van der Waals surface area contributed by atoms with Gasteiger partial charge in [-0.05, 0) is 35.9 Å². The molecule has 9 nitrogen and oxygen atoms in total. The van der Waals surface area contributed by atoms with Gasteiger partial charge in [0.25, 0.3) is 15.9 Å². The molecule has 0 spiro atoms. The zero-order valence-corrected chi connectivity index (χ0v) is 15.8. The van der Waals surface area contributed by atoms with Crippen molar-refractivity contribution in [2.45, 2.75) is 4.90 Å². The number of carbonyl (C=O) groups is 2. The Morgan fingerprint density at radius 3 is 2.39 bits per heavy atom. The molecule has 2 rings (SSSR count). The van der Waals surface area contributed by atoms with E-state index in [9.17, 15) is 18.0 Å². The molecule has 0 aliphatic carbocycles. The zero-order chi connectivity index (χ0) is 20.9. The van der Waals surface area contributed by atoms with Gasteiger partial charge >= 0.3 is 5.97 Å². The molecule has 0 fully saturated rings. The van der Waals surface area contributed by atoms with Crippen molar-refractivity contribution in [3.05, 3.63) is 53.6 Å². The fraction of sp³-hybridized carbons (Fsp3) is 0.111. The number of sulfonamides is 1. The summed E-state index contributed by atoms with van der Waals surface area (Å²) in [7, 11) is -1.67. The standard InChI is InChI=1S/C18H18N2O7S/c1-26-14-9-11(7-8-16(21)22)10-15(17(14)27-2)28(24,25)20-13-6-4-3-5-12(13)18(19)23/h3-10,20H,1-2H3,(H2,19,23)(H,21,22). The van der Waals surface area contributed by atoms with Gasteiger partial charge in [-0.15, -0.1) is 0 Å². The highest BCUT2D eigenvalue weighted by molar-refractivity contribution is 7.92. The lowest BCUT2D eigenvalue weighted by Crippen LogP contribution is -2.19. The molecule has 148 valence electrons. The Morgan fingerprint density at radius 2 is 1.82 bits per heavy atom. The van der Waals surface area contributed by atoms with Crippen LogP contribution in [0.2, 0.25) is 0 Å². The van der Waals surface area contributed by atoms with E-state index in [1.54, 1.807) is 6.07 Å². The summed E-state index contributed by atoms with van der Waals surface area (Å²) < 4.78 is 38.6. The van der Waals surface area contributed by atoms with Crippen LogP contribution in [0.1, 0.15) is 15.9 Å². The molecule has 10 heteroatoms. The number of rotatable bonds is 8. The molecule has 0 aromatic heterocycles. The summed E-state index contributed by atoms with van der Waals surface area (Å²) in [6.45, 7) is 0. The second-order valence-corrected chi connectivity index (χ2v) is 7.09. The van der Waals surface area contributed by atoms with Crippen LogP contribution in [0.4, 0.5) is 5.69 Å². The number of ether oxygens (including phenoxy) is 2. The van der Waals surface area contributed by atoms with Crippen LogP contribution >= 0.6 is 0 Å². The quantitative estimate of drug-likeness (QED) is 0.566. The van der Waals surface area contributed by atoms with Crippen LogP contribution in [0.5, 0.6) is 11.5 Å². The highest BCUT2D eigenvalue weighted by atomic mass is 32.2. The molecule has 0 unspecified atom stereocenters. The van der Waals surface area contributed by atoms with Crippen molar-refractivity contribution < 1.29 is 32.6 Å². The first-order valence-electron chi connectivity index (χ1n) is 7.78. The van der Waals surface area contributed by atoms with Gasteiger partial charge in [0, 0.05) is 6.08 Å². The number of amides is 1. The van der Waals surface area contributed by atoms with E-state index in [0.29, 0.717) is 0 Å². The van der Waals surface area contributed by atoms with E-state index < -0.39 is 21.9 Å². The van der Waals surface area contributed by atoms with Gasteiger partial charge in [0.05, 0.1) is 25.5 Å². The number of primary amides is 1. The van der Waals surface area contributed by atoms with E-state index in [4.69, 9.17) is 20.3 Å². The molecule has 1 amide bonds. The van der Waals surface area contributed by atoms with Crippen molar-refractivity contribution in [1.82, 2.24) is 0 Å². The number of nitrogens with two attached hydrogens (primary N) is 1. The Morgan fingerprint density at radius 1 is 1.14 bits per heavy atom. The minimum absolute atomic E-state index is 0.0116. The third-order valence-corrected chi connectivity index (χ3v) is 4.98. The van der Waals surface area contributed by atoms with Crippen LogP contribution in [-0.2, 0) is 14.8 Å². The van der Waals surface area contributed by atoms with Crippen molar-refractivity contribution in [3.8, 4) is 11.5 Å². The molecular formula is C18H18N2O7S. The van der Waals surface area contributed by atoms with Gasteiger partial charge < -0.3 is 20.3 Å². The molecular weight excluding hydrogens is 388 g/mol. The summed E-state index contributed by atoms with van der Waals surface area (Å²) in [4.78, 5) is 22.0. The van der Waals surface area contributed by atoms with Crippen molar-refractivity contribution in [2.24, 2.45) is 5.73 Å². The fourth-order valence-corrected chi connectivity index (χ4v) is 3.70. The van der Waals surface area contributed by atoms with Gasteiger partial charge in [-0.3, -0.25) is 9.52 Å². The van der Waals surface area contributed by atoms with E-state index in [-0.39, 0.29) is 33.2 Å².